The smallest absolute Gasteiger partial charge is 0.224 e. The molecule has 3 nitrogen and oxygen atoms in total. The number of amides is 1. The van der Waals surface area contributed by atoms with Crippen LogP contribution in [-0.4, -0.2) is 30.4 Å². The molecule has 1 amide bonds. The molecular formula is C21H25ClN2O. The first-order chi connectivity index (χ1) is 12.1. The lowest BCUT2D eigenvalue weighted by Gasteiger charge is -2.29. The number of likely N-dealkylation sites (tertiary alicyclic amines) is 1. The van der Waals surface area contributed by atoms with E-state index in [1.807, 2.05) is 49.4 Å². The molecule has 4 heteroatoms. The summed E-state index contributed by atoms with van der Waals surface area (Å²) in [6, 6.07) is 16.2. The third kappa shape index (κ3) is 4.83. The highest BCUT2D eigenvalue weighted by molar-refractivity contribution is 6.31. The van der Waals surface area contributed by atoms with Crippen molar-refractivity contribution in [2.45, 2.75) is 32.2 Å². The Morgan fingerprint density at radius 1 is 1.12 bits per heavy atom. The van der Waals surface area contributed by atoms with Crippen molar-refractivity contribution in [1.29, 1.82) is 0 Å². The van der Waals surface area contributed by atoms with E-state index in [4.69, 9.17) is 11.6 Å². The minimum atomic E-state index is 0.0557. The van der Waals surface area contributed by atoms with Crippen LogP contribution in [0.2, 0.25) is 5.02 Å². The largest absolute Gasteiger partial charge is 0.354 e. The van der Waals surface area contributed by atoms with Crippen LogP contribution >= 0.6 is 11.6 Å². The molecule has 1 saturated heterocycles. The number of nitrogens with one attached hydrogen (secondary N) is 1. The van der Waals surface area contributed by atoms with Crippen LogP contribution in [0.25, 0.3) is 0 Å². The molecule has 0 aliphatic carbocycles. The Labute approximate surface area is 155 Å². The second-order valence-electron chi connectivity index (χ2n) is 6.75. The zero-order valence-electron chi connectivity index (χ0n) is 14.7. The van der Waals surface area contributed by atoms with Crippen molar-refractivity contribution < 1.29 is 4.79 Å². The maximum absolute atomic E-state index is 12.4. The maximum atomic E-state index is 12.4. The van der Waals surface area contributed by atoms with Gasteiger partial charge < -0.3 is 5.32 Å². The minimum absolute atomic E-state index is 0.0557. The lowest BCUT2D eigenvalue weighted by atomic mass is 10.0. The Morgan fingerprint density at radius 3 is 2.48 bits per heavy atom. The molecule has 1 heterocycles. The number of aryl methyl sites for hydroxylation is 1. The average molecular weight is 357 g/mol. The first-order valence-corrected chi connectivity index (χ1v) is 9.32. The number of nitrogens with zero attached hydrogens (tertiary/aromatic N) is 1. The Morgan fingerprint density at radius 2 is 1.80 bits per heavy atom. The van der Waals surface area contributed by atoms with Crippen LogP contribution in [0.3, 0.4) is 0 Å². The zero-order valence-corrected chi connectivity index (χ0v) is 15.4. The van der Waals surface area contributed by atoms with Crippen molar-refractivity contribution >= 4 is 17.5 Å². The normalized spacial score (nSPS) is 15.9. The monoisotopic (exact) mass is 356 g/mol. The summed E-state index contributed by atoms with van der Waals surface area (Å²) in [4.78, 5) is 14.8. The van der Waals surface area contributed by atoms with E-state index in [2.05, 4.69) is 16.3 Å². The number of carbonyl (C=O) groups is 1. The Bertz CT molecular complexity index is 708. The topological polar surface area (TPSA) is 32.3 Å². The van der Waals surface area contributed by atoms with E-state index in [1.165, 1.54) is 18.4 Å². The number of carbonyl (C=O) groups excluding carboxylic acids is 1. The van der Waals surface area contributed by atoms with Gasteiger partial charge in [0.05, 0.1) is 12.5 Å². The van der Waals surface area contributed by atoms with Gasteiger partial charge in [-0.05, 0) is 50.0 Å². The first-order valence-electron chi connectivity index (χ1n) is 8.94. The van der Waals surface area contributed by atoms with E-state index in [-0.39, 0.29) is 11.9 Å². The number of hydrogen-bond donors (Lipinski definition) is 1. The van der Waals surface area contributed by atoms with Gasteiger partial charge in [-0.1, -0.05) is 59.6 Å². The molecule has 0 radical (unpaired) electrons. The summed E-state index contributed by atoms with van der Waals surface area (Å²) in [7, 11) is 0. The van der Waals surface area contributed by atoms with E-state index < -0.39 is 0 Å². The Balaban J connectivity index is 1.65. The SMILES string of the molecule is Cc1ccc(CC(=O)NCC(c2ccccc2Cl)N2CCCC2)cc1. The summed E-state index contributed by atoms with van der Waals surface area (Å²) in [5.41, 5.74) is 3.34. The van der Waals surface area contributed by atoms with E-state index in [9.17, 15) is 4.79 Å². The third-order valence-corrected chi connectivity index (χ3v) is 5.17. The van der Waals surface area contributed by atoms with Gasteiger partial charge in [-0.2, -0.15) is 0 Å². The summed E-state index contributed by atoms with van der Waals surface area (Å²) >= 11 is 6.42. The quantitative estimate of drug-likeness (QED) is 0.843. The molecule has 25 heavy (non-hydrogen) atoms. The fourth-order valence-electron chi connectivity index (χ4n) is 3.40. The van der Waals surface area contributed by atoms with Crippen LogP contribution in [0.5, 0.6) is 0 Å². The lowest BCUT2D eigenvalue weighted by Crippen LogP contribution is -2.37. The van der Waals surface area contributed by atoms with Crippen molar-refractivity contribution in [2.75, 3.05) is 19.6 Å². The van der Waals surface area contributed by atoms with E-state index in [0.717, 1.165) is 29.2 Å². The highest BCUT2D eigenvalue weighted by Crippen LogP contribution is 2.29. The molecule has 1 N–H and O–H groups in total. The summed E-state index contributed by atoms with van der Waals surface area (Å²) in [5.74, 6) is 0.0557. The molecule has 0 aromatic heterocycles. The van der Waals surface area contributed by atoms with Gasteiger partial charge >= 0.3 is 0 Å². The maximum Gasteiger partial charge on any atom is 0.224 e. The van der Waals surface area contributed by atoms with Gasteiger partial charge in [0, 0.05) is 11.6 Å². The van der Waals surface area contributed by atoms with Crippen LogP contribution in [0.15, 0.2) is 48.5 Å². The lowest BCUT2D eigenvalue weighted by molar-refractivity contribution is -0.120. The summed E-state index contributed by atoms with van der Waals surface area (Å²) in [6.07, 6.45) is 2.83. The fraction of sp³-hybridized carbons (Fsp3) is 0.381. The average Bonchev–Trinajstić information content (AvgIpc) is 3.13. The van der Waals surface area contributed by atoms with Crippen LogP contribution in [0.1, 0.15) is 35.6 Å². The second-order valence-corrected chi connectivity index (χ2v) is 7.15. The predicted molar refractivity (Wildman–Crippen MR) is 103 cm³/mol. The van der Waals surface area contributed by atoms with Crippen molar-refractivity contribution in [3.63, 3.8) is 0 Å². The zero-order chi connectivity index (χ0) is 17.6. The molecule has 2 aromatic carbocycles. The van der Waals surface area contributed by atoms with Crippen LogP contribution < -0.4 is 5.32 Å². The van der Waals surface area contributed by atoms with Crippen LogP contribution in [0, 0.1) is 6.92 Å². The highest BCUT2D eigenvalue weighted by Gasteiger charge is 2.25. The van der Waals surface area contributed by atoms with Gasteiger partial charge in [-0.15, -0.1) is 0 Å². The number of hydrogen-bond acceptors (Lipinski definition) is 2. The second kappa shape index (κ2) is 8.50. The van der Waals surface area contributed by atoms with Crippen molar-refractivity contribution in [1.82, 2.24) is 10.2 Å². The van der Waals surface area contributed by atoms with Crippen LogP contribution in [-0.2, 0) is 11.2 Å². The molecule has 0 bridgehead atoms. The Kier molecular flexibility index (Phi) is 6.11. The van der Waals surface area contributed by atoms with Gasteiger partial charge in [0.15, 0.2) is 0 Å². The number of rotatable bonds is 6. The van der Waals surface area contributed by atoms with E-state index in [0.29, 0.717) is 13.0 Å². The van der Waals surface area contributed by atoms with E-state index in [1.54, 1.807) is 0 Å². The Hall–Kier alpha value is -1.84. The van der Waals surface area contributed by atoms with E-state index >= 15 is 0 Å². The number of benzene rings is 2. The summed E-state index contributed by atoms with van der Waals surface area (Å²) in [5, 5.41) is 3.88. The van der Waals surface area contributed by atoms with Gasteiger partial charge in [0.2, 0.25) is 5.91 Å². The van der Waals surface area contributed by atoms with Crippen molar-refractivity contribution in [2.24, 2.45) is 0 Å². The molecule has 1 aliphatic heterocycles. The van der Waals surface area contributed by atoms with Crippen molar-refractivity contribution in [3.8, 4) is 0 Å². The minimum Gasteiger partial charge on any atom is -0.354 e. The molecule has 1 unspecified atom stereocenters. The molecular weight excluding hydrogens is 332 g/mol. The predicted octanol–water partition coefficient (Wildman–Crippen LogP) is 4.14. The molecule has 1 atom stereocenters. The van der Waals surface area contributed by atoms with Crippen LogP contribution in [0.4, 0.5) is 0 Å². The first kappa shape index (κ1) is 18.0. The summed E-state index contributed by atoms with van der Waals surface area (Å²) in [6.45, 7) is 4.76. The standard InChI is InChI=1S/C21H25ClN2O/c1-16-8-10-17(11-9-16)14-21(25)23-15-20(24-12-4-5-13-24)18-6-2-3-7-19(18)22/h2-3,6-11,20H,4-5,12-15H2,1H3,(H,23,25). The molecule has 132 valence electrons. The van der Waals surface area contributed by atoms with Gasteiger partial charge in [-0.3, -0.25) is 9.69 Å². The van der Waals surface area contributed by atoms with Gasteiger partial charge in [0.1, 0.15) is 0 Å². The van der Waals surface area contributed by atoms with Gasteiger partial charge in [-0.25, -0.2) is 0 Å². The molecule has 2 aromatic rings. The molecule has 1 fully saturated rings. The molecule has 0 saturated carbocycles. The summed E-state index contributed by atoms with van der Waals surface area (Å²) < 4.78 is 0. The third-order valence-electron chi connectivity index (χ3n) is 4.82. The number of halogens is 1. The molecule has 3 rings (SSSR count). The van der Waals surface area contributed by atoms with Gasteiger partial charge in [0.25, 0.3) is 0 Å². The molecule has 1 aliphatic rings. The fourth-order valence-corrected chi connectivity index (χ4v) is 3.66. The molecule has 0 spiro atoms. The highest BCUT2D eigenvalue weighted by atomic mass is 35.5. The van der Waals surface area contributed by atoms with Crippen molar-refractivity contribution in [3.05, 3.63) is 70.2 Å².